The number of hydrogen-bond donors (Lipinski definition) is 2. The maximum atomic E-state index is 12.9. The quantitative estimate of drug-likeness (QED) is 0.416. The second-order valence-corrected chi connectivity index (χ2v) is 6.27. The number of ether oxygens (including phenoxy) is 1. The molecule has 0 aromatic heterocycles. The Balaban J connectivity index is 1.68. The second-order valence-electron chi connectivity index (χ2n) is 6.27. The van der Waals surface area contributed by atoms with Gasteiger partial charge in [-0.15, -0.1) is 0 Å². The number of carbonyl (C=O) groups excluding carboxylic acids is 3. The predicted molar refractivity (Wildman–Crippen MR) is 101 cm³/mol. The molecule has 0 saturated carbocycles. The standard InChI is InChI=1S/C19H18N4O6/c1-2-19(13-7-4-3-5-8-13)17(25)22(18(26)20-19)21-16(24)12-29-15-10-6-9-14(11-15)23(27)28/h3-11H,2,12H2,1H3,(H,20,26)(H,21,24)/t19-/m0/s1. The van der Waals surface area contributed by atoms with Crippen LogP contribution < -0.4 is 15.5 Å². The zero-order chi connectivity index (χ0) is 21.0. The molecule has 0 bridgehead atoms. The molecular formula is C19H18N4O6. The molecule has 1 aliphatic rings. The average Bonchev–Trinajstić information content (AvgIpc) is 2.98. The van der Waals surface area contributed by atoms with Gasteiger partial charge in [0.25, 0.3) is 17.5 Å². The zero-order valence-electron chi connectivity index (χ0n) is 15.5. The number of nitro groups is 1. The van der Waals surface area contributed by atoms with Crippen LogP contribution in [0.2, 0.25) is 0 Å². The van der Waals surface area contributed by atoms with Crippen molar-refractivity contribution < 1.29 is 24.0 Å². The van der Waals surface area contributed by atoms with E-state index in [9.17, 15) is 24.5 Å². The molecule has 10 nitrogen and oxygen atoms in total. The Morgan fingerprint density at radius 3 is 2.59 bits per heavy atom. The molecule has 2 aromatic carbocycles. The van der Waals surface area contributed by atoms with Gasteiger partial charge in [-0.2, -0.15) is 5.01 Å². The summed E-state index contributed by atoms with van der Waals surface area (Å²) >= 11 is 0. The van der Waals surface area contributed by atoms with Crippen LogP contribution in [0, 0.1) is 10.1 Å². The van der Waals surface area contributed by atoms with E-state index in [0.717, 1.165) is 0 Å². The maximum Gasteiger partial charge on any atom is 0.344 e. The van der Waals surface area contributed by atoms with E-state index in [-0.39, 0.29) is 17.9 Å². The van der Waals surface area contributed by atoms with Crippen molar-refractivity contribution in [3.63, 3.8) is 0 Å². The molecule has 0 unspecified atom stereocenters. The van der Waals surface area contributed by atoms with Gasteiger partial charge < -0.3 is 10.1 Å². The second kappa shape index (κ2) is 7.97. The highest BCUT2D eigenvalue weighted by atomic mass is 16.6. The summed E-state index contributed by atoms with van der Waals surface area (Å²) in [5.74, 6) is -1.27. The number of rotatable bonds is 7. The third-order valence-electron chi connectivity index (χ3n) is 4.52. The van der Waals surface area contributed by atoms with Gasteiger partial charge in [-0.05, 0) is 18.1 Å². The Hall–Kier alpha value is -3.95. The number of urea groups is 1. The van der Waals surface area contributed by atoms with Gasteiger partial charge in [0, 0.05) is 6.07 Å². The summed E-state index contributed by atoms with van der Waals surface area (Å²) in [5.41, 5.74) is 1.36. The largest absolute Gasteiger partial charge is 0.483 e. The summed E-state index contributed by atoms with van der Waals surface area (Å²) in [7, 11) is 0. The molecular weight excluding hydrogens is 380 g/mol. The van der Waals surface area contributed by atoms with E-state index in [0.29, 0.717) is 10.6 Å². The smallest absolute Gasteiger partial charge is 0.344 e. The van der Waals surface area contributed by atoms with Crippen LogP contribution in [-0.4, -0.2) is 34.4 Å². The van der Waals surface area contributed by atoms with Crippen molar-refractivity contribution in [3.05, 3.63) is 70.3 Å². The minimum atomic E-state index is -1.27. The number of carbonyl (C=O) groups is 3. The van der Waals surface area contributed by atoms with Gasteiger partial charge in [-0.1, -0.05) is 43.3 Å². The van der Waals surface area contributed by atoms with E-state index in [1.54, 1.807) is 37.3 Å². The third-order valence-corrected chi connectivity index (χ3v) is 4.52. The van der Waals surface area contributed by atoms with Gasteiger partial charge in [-0.25, -0.2) is 4.79 Å². The number of amides is 4. The highest BCUT2D eigenvalue weighted by molar-refractivity contribution is 6.08. The molecule has 150 valence electrons. The van der Waals surface area contributed by atoms with Crippen molar-refractivity contribution in [2.24, 2.45) is 0 Å². The highest BCUT2D eigenvalue weighted by Crippen LogP contribution is 2.31. The van der Waals surface area contributed by atoms with Crippen LogP contribution in [0.3, 0.4) is 0 Å². The van der Waals surface area contributed by atoms with Gasteiger partial charge in [0.1, 0.15) is 11.3 Å². The van der Waals surface area contributed by atoms with Gasteiger partial charge in [0.2, 0.25) is 0 Å². The first kappa shape index (κ1) is 19.8. The highest BCUT2D eigenvalue weighted by Gasteiger charge is 2.52. The molecule has 10 heteroatoms. The van der Waals surface area contributed by atoms with Crippen molar-refractivity contribution in [3.8, 4) is 5.75 Å². The summed E-state index contributed by atoms with van der Waals surface area (Å²) in [6.45, 7) is 1.21. The van der Waals surface area contributed by atoms with Crippen LogP contribution in [0.15, 0.2) is 54.6 Å². The Bertz CT molecular complexity index is 964. The summed E-state index contributed by atoms with van der Waals surface area (Å²) in [4.78, 5) is 47.6. The van der Waals surface area contributed by atoms with Crippen LogP contribution in [0.25, 0.3) is 0 Å². The molecule has 1 saturated heterocycles. The molecule has 1 atom stereocenters. The number of nitrogens with zero attached hydrogens (tertiary/aromatic N) is 2. The fraction of sp³-hybridized carbons (Fsp3) is 0.211. The van der Waals surface area contributed by atoms with Crippen LogP contribution in [0.1, 0.15) is 18.9 Å². The third kappa shape index (κ3) is 3.86. The van der Waals surface area contributed by atoms with Gasteiger partial charge >= 0.3 is 6.03 Å². The Kier molecular flexibility index (Phi) is 5.44. The molecule has 0 spiro atoms. The number of hydrazine groups is 1. The van der Waals surface area contributed by atoms with E-state index >= 15 is 0 Å². The number of imide groups is 1. The molecule has 2 N–H and O–H groups in total. The normalized spacial score (nSPS) is 18.3. The van der Waals surface area contributed by atoms with Gasteiger partial charge in [-0.3, -0.25) is 25.1 Å². The van der Waals surface area contributed by atoms with Crippen molar-refractivity contribution in [1.82, 2.24) is 15.8 Å². The van der Waals surface area contributed by atoms with E-state index in [2.05, 4.69) is 10.7 Å². The Morgan fingerprint density at radius 2 is 1.93 bits per heavy atom. The molecule has 0 radical (unpaired) electrons. The number of hydrogen-bond acceptors (Lipinski definition) is 6. The summed E-state index contributed by atoms with van der Waals surface area (Å²) < 4.78 is 5.22. The van der Waals surface area contributed by atoms with Crippen LogP contribution >= 0.6 is 0 Å². The van der Waals surface area contributed by atoms with E-state index in [1.807, 2.05) is 0 Å². The summed E-state index contributed by atoms with van der Waals surface area (Å²) in [5, 5.41) is 14.0. The predicted octanol–water partition coefficient (Wildman–Crippen LogP) is 1.86. The Labute approximate surface area is 165 Å². The van der Waals surface area contributed by atoms with E-state index in [4.69, 9.17) is 4.74 Å². The lowest BCUT2D eigenvalue weighted by molar-refractivity contribution is -0.384. The summed E-state index contributed by atoms with van der Waals surface area (Å²) in [6.07, 6.45) is 0.290. The van der Waals surface area contributed by atoms with Crippen LogP contribution in [0.5, 0.6) is 5.75 Å². The lowest BCUT2D eigenvalue weighted by atomic mass is 9.87. The molecule has 1 heterocycles. The van der Waals surface area contributed by atoms with Crippen LogP contribution in [-0.2, 0) is 15.1 Å². The van der Waals surface area contributed by atoms with Crippen LogP contribution in [0.4, 0.5) is 10.5 Å². The molecule has 1 fully saturated rings. The number of nitrogens with one attached hydrogen (secondary N) is 2. The van der Waals surface area contributed by atoms with E-state index in [1.165, 1.54) is 24.3 Å². The molecule has 1 aliphatic heterocycles. The lowest BCUT2D eigenvalue weighted by Crippen LogP contribution is -2.49. The van der Waals surface area contributed by atoms with E-state index < -0.39 is 34.9 Å². The molecule has 4 amide bonds. The number of nitro benzene ring substituents is 1. The molecule has 2 aromatic rings. The number of benzene rings is 2. The fourth-order valence-electron chi connectivity index (χ4n) is 3.03. The zero-order valence-corrected chi connectivity index (χ0v) is 15.5. The van der Waals surface area contributed by atoms with Crippen molar-refractivity contribution >= 4 is 23.5 Å². The molecule has 29 heavy (non-hydrogen) atoms. The topological polar surface area (TPSA) is 131 Å². The minimum absolute atomic E-state index is 0.110. The average molecular weight is 398 g/mol. The first-order chi connectivity index (χ1) is 13.9. The van der Waals surface area contributed by atoms with Crippen molar-refractivity contribution in [2.45, 2.75) is 18.9 Å². The first-order valence-corrected chi connectivity index (χ1v) is 8.76. The fourth-order valence-corrected chi connectivity index (χ4v) is 3.03. The molecule has 3 rings (SSSR count). The monoisotopic (exact) mass is 398 g/mol. The lowest BCUT2D eigenvalue weighted by Gasteiger charge is -2.25. The van der Waals surface area contributed by atoms with Gasteiger partial charge in [0.15, 0.2) is 6.61 Å². The van der Waals surface area contributed by atoms with Crippen molar-refractivity contribution in [2.75, 3.05) is 6.61 Å². The first-order valence-electron chi connectivity index (χ1n) is 8.76. The van der Waals surface area contributed by atoms with Crippen molar-refractivity contribution in [1.29, 1.82) is 0 Å². The van der Waals surface area contributed by atoms with Gasteiger partial charge in [0.05, 0.1) is 11.0 Å². The minimum Gasteiger partial charge on any atom is -0.483 e. The summed E-state index contributed by atoms with van der Waals surface area (Å²) in [6, 6.07) is 13.3. The number of non-ortho nitro benzene ring substituents is 1. The Morgan fingerprint density at radius 1 is 1.21 bits per heavy atom. The SMILES string of the molecule is CC[C@@]1(c2ccccc2)NC(=O)N(NC(=O)COc2cccc([N+](=O)[O-])c2)C1=O. The maximum absolute atomic E-state index is 12.9. The molecule has 0 aliphatic carbocycles.